The van der Waals surface area contributed by atoms with Gasteiger partial charge in [0.1, 0.15) is 0 Å². The van der Waals surface area contributed by atoms with E-state index >= 15 is 0 Å². The number of benzene rings is 21. The highest BCUT2D eigenvalue weighted by Gasteiger charge is 2.23. The van der Waals surface area contributed by atoms with Gasteiger partial charge in [-0.1, -0.05) is 382 Å². The van der Waals surface area contributed by atoms with E-state index in [1.165, 1.54) is 142 Å². The van der Waals surface area contributed by atoms with Crippen LogP contribution in [0.4, 0.5) is 0 Å². The number of rotatable bonds is 12. The second-order valence-corrected chi connectivity index (χ2v) is 37.1. The number of fused-ring (bicyclic) bond motifs is 16. The van der Waals surface area contributed by atoms with Gasteiger partial charge in [0, 0.05) is 111 Å². The summed E-state index contributed by atoms with van der Waals surface area (Å²) in [6.07, 6.45) is 0. The molecule has 0 saturated heterocycles. The molecule has 0 bridgehead atoms. The fourth-order valence-corrected chi connectivity index (χ4v) is 22.2. The van der Waals surface area contributed by atoms with Crippen molar-refractivity contribution in [3.8, 4) is 136 Å². The van der Waals surface area contributed by atoms with Gasteiger partial charge in [-0.05, 0) is 171 Å². The molecule has 135 heavy (non-hydrogen) atoms. The van der Waals surface area contributed by atoms with E-state index in [4.69, 9.17) is 44.9 Å². The molecule has 21 aromatic carbocycles. The molecule has 6 heterocycles. The fourth-order valence-electron chi connectivity index (χ4n) is 18.6. The van der Waals surface area contributed by atoms with Crippen LogP contribution in [0.3, 0.4) is 0 Å². The van der Waals surface area contributed by atoms with E-state index in [0.717, 1.165) is 66.8 Å². The molecular formula is C123H75N9S3. The number of nitrogens with zero attached hydrogens (tertiary/aromatic N) is 9. The maximum atomic E-state index is 5.12. The lowest BCUT2D eigenvalue weighted by Crippen LogP contribution is -2.00. The molecule has 0 unspecified atom stereocenters. The van der Waals surface area contributed by atoms with Crippen LogP contribution in [0.2, 0.25) is 0 Å². The average molecular weight is 1780 g/mol. The van der Waals surface area contributed by atoms with Crippen molar-refractivity contribution in [1.82, 2.24) is 44.9 Å². The van der Waals surface area contributed by atoms with E-state index in [1.807, 2.05) is 101 Å². The van der Waals surface area contributed by atoms with Crippen LogP contribution in [0, 0.1) is 0 Å². The van der Waals surface area contributed by atoms with E-state index < -0.39 is 0 Å². The van der Waals surface area contributed by atoms with Crippen molar-refractivity contribution in [1.29, 1.82) is 0 Å². The standard InChI is InChI=1S/3C41H25N3S/c1-2-11-29(12-3-1)39-42-40(30-20-17-27(18-21-30)32-22-19-26-9-4-5-13-31(26)25-32)44-41(43-39)36-16-8-15-34-35-24-23-28-10-6-7-14-33(28)37(35)45-38(34)36;1-2-10-28(11-3-1)39-42-40(29-20-17-27(18-21-29)33-22-19-26-9-4-5-12-30(26)23-33)44-41(43-39)34-15-8-16-36-38(34)35-24-31-13-6-7-14-32(31)25-37(35)45-36;1-2-9-28(10-3-1)39-42-40(29-17-14-27(15-18-29)33-19-16-26-8-4-5-11-30(26)22-33)44-41(43-39)34-20-21-37-35(24-34)36-23-31-12-6-7-13-32(31)25-38(36)45-37/h3*1-25H. The summed E-state index contributed by atoms with van der Waals surface area (Å²) in [4.78, 5) is 45.4. The second kappa shape index (κ2) is 34.3. The number of thiophene rings is 3. The van der Waals surface area contributed by atoms with Gasteiger partial charge in [-0.2, -0.15) is 0 Å². The maximum absolute atomic E-state index is 5.12. The van der Waals surface area contributed by atoms with E-state index in [9.17, 15) is 0 Å². The van der Waals surface area contributed by atoms with Gasteiger partial charge in [0.25, 0.3) is 0 Å². The zero-order valence-electron chi connectivity index (χ0n) is 72.6. The van der Waals surface area contributed by atoms with Crippen LogP contribution in [0.5, 0.6) is 0 Å². The molecule has 630 valence electrons. The Morgan fingerprint density at radius 3 is 0.881 bits per heavy atom. The Labute approximate surface area is 788 Å². The topological polar surface area (TPSA) is 116 Å². The SMILES string of the molecule is c1ccc(-c2nc(-c3ccc(-c4ccc5ccccc5c4)cc3)nc(-c3ccc4sc5cc6ccccc6cc5c4c3)n2)cc1.c1ccc(-c2nc(-c3ccc(-c4ccc5ccccc5c4)cc3)nc(-c3cccc4c3sc3c5ccccc5ccc43)n2)cc1.c1ccc(-c2nc(-c3ccc(-c4ccc5ccccc5c4)cc3)nc(-c3cccc4sc5cc6ccccc6cc5c34)n2)cc1. The van der Waals surface area contributed by atoms with Gasteiger partial charge in [-0.25, -0.2) is 44.9 Å². The smallest absolute Gasteiger partial charge is 0.165 e. The van der Waals surface area contributed by atoms with Crippen molar-refractivity contribution in [2.24, 2.45) is 0 Å². The molecule has 27 aromatic rings. The van der Waals surface area contributed by atoms with Crippen molar-refractivity contribution < 1.29 is 0 Å². The van der Waals surface area contributed by atoms with Gasteiger partial charge in [0.15, 0.2) is 52.4 Å². The average Bonchev–Trinajstić information content (AvgIpc) is 1.61. The lowest BCUT2D eigenvalue weighted by molar-refractivity contribution is 1.07. The number of aromatic nitrogens is 9. The van der Waals surface area contributed by atoms with Gasteiger partial charge >= 0.3 is 0 Å². The third-order valence-electron chi connectivity index (χ3n) is 25.5. The minimum Gasteiger partial charge on any atom is -0.208 e. The minimum atomic E-state index is 0.658. The molecule has 6 aromatic heterocycles. The normalized spacial score (nSPS) is 11.6. The Bertz CT molecular complexity index is 9300. The number of hydrogen-bond acceptors (Lipinski definition) is 12. The lowest BCUT2D eigenvalue weighted by Gasteiger charge is -2.10. The van der Waals surface area contributed by atoms with Gasteiger partial charge in [-0.3, -0.25) is 0 Å². The van der Waals surface area contributed by atoms with Gasteiger partial charge in [-0.15, -0.1) is 34.0 Å². The molecule has 0 atom stereocenters. The van der Waals surface area contributed by atoms with Gasteiger partial charge in [0.2, 0.25) is 0 Å². The molecule has 0 spiro atoms. The van der Waals surface area contributed by atoms with Crippen LogP contribution in [0.15, 0.2) is 455 Å². The summed E-state index contributed by atoms with van der Waals surface area (Å²) in [6.45, 7) is 0. The van der Waals surface area contributed by atoms with Crippen LogP contribution in [0.1, 0.15) is 0 Å². The third-order valence-corrected chi connectivity index (χ3v) is 29.0. The van der Waals surface area contributed by atoms with Gasteiger partial charge in [0.05, 0.1) is 0 Å². The Morgan fingerprint density at radius 1 is 0.126 bits per heavy atom. The third kappa shape index (κ3) is 15.5. The molecular weight excluding hydrogens is 1700 g/mol. The lowest BCUT2D eigenvalue weighted by atomic mass is 10.00. The molecule has 0 aliphatic carbocycles. The van der Waals surface area contributed by atoms with E-state index in [0.29, 0.717) is 52.4 Å². The summed E-state index contributed by atoms with van der Waals surface area (Å²) in [7, 11) is 0. The summed E-state index contributed by atoms with van der Waals surface area (Å²) in [5, 5.41) is 22.3. The Balaban J connectivity index is 0.000000108. The molecule has 0 N–H and O–H groups in total. The summed E-state index contributed by atoms with van der Waals surface area (Å²) >= 11 is 5.46. The molecule has 0 amide bonds. The van der Waals surface area contributed by atoms with Crippen molar-refractivity contribution in [3.05, 3.63) is 455 Å². The van der Waals surface area contributed by atoms with Crippen molar-refractivity contribution in [2.45, 2.75) is 0 Å². The van der Waals surface area contributed by atoms with Crippen molar-refractivity contribution in [2.75, 3.05) is 0 Å². The molecule has 0 aliphatic rings. The van der Waals surface area contributed by atoms with Crippen molar-refractivity contribution >= 4 is 159 Å². The Kier molecular flexibility index (Phi) is 20.3. The zero-order chi connectivity index (χ0) is 89.2. The first-order chi connectivity index (χ1) is 66.8. The highest BCUT2D eigenvalue weighted by molar-refractivity contribution is 7.27. The maximum Gasteiger partial charge on any atom is 0.165 e. The molecule has 0 fully saturated rings. The van der Waals surface area contributed by atoms with E-state index in [2.05, 4.69) is 388 Å². The largest absolute Gasteiger partial charge is 0.208 e. The van der Waals surface area contributed by atoms with Crippen LogP contribution in [-0.4, -0.2) is 44.9 Å². The van der Waals surface area contributed by atoms with E-state index in [-0.39, 0.29) is 0 Å². The highest BCUT2D eigenvalue weighted by atomic mass is 32.1. The summed E-state index contributed by atoms with van der Waals surface area (Å²) in [5.41, 5.74) is 15.8. The summed E-state index contributed by atoms with van der Waals surface area (Å²) in [5.74, 6) is 5.99. The van der Waals surface area contributed by atoms with Crippen LogP contribution in [0.25, 0.3) is 261 Å². The highest BCUT2D eigenvalue weighted by Crippen LogP contribution is 2.47. The first-order valence-electron chi connectivity index (χ1n) is 45.1. The van der Waals surface area contributed by atoms with Crippen molar-refractivity contribution in [3.63, 3.8) is 0 Å². The fraction of sp³-hybridized carbons (Fsp3) is 0. The van der Waals surface area contributed by atoms with Crippen LogP contribution < -0.4 is 0 Å². The summed E-state index contributed by atoms with van der Waals surface area (Å²) in [6, 6.07) is 160. The van der Waals surface area contributed by atoms with E-state index in [1.54, 1.807) is 0 Å². The molecule has 12 heteroatoms. The molecule has 9 nitrogen and oxygen atoms in total. The zero-order valence-corrected chi connectivity index (χ0v) is 75.0. The predicted molar refractivity (Wildman–Crippen MR) is 568 cm³/mol. The van der Waals surface area contributed by atoms with Crippen LogP contribution >= 0.6 is 34.0 Å². The first kappa shape index (κ1) is 80.0. The predicted octanol–water partition coefficient (Wildman–Crippen LogP) is 33.6. The second-order valence-electron chi connectivity index (χ2n) is 33.9. The Morgan fingerprint density at radius 2 is 0.422 bits per heavy atom. The summed E-state index contributed by atoms with van der Waals surface area (Å²) < 4.78 is 7.50. The molecule has 0 aliphatic heterocycles. The molecule has 27 rings (SSSR count). The quantitative estimate of drug-likeness (QED) is 0.118. The molecule has 0 radical (unpaired) electrons. The molecule has 0 saturated carbocycles. The van der Waals surface area contributed by atoms with Gasteiger partial charge < -0.3 is 0 Å². The van der Waals surface area contributed by atoms with Crippen LogP contribution in [-0.2, 0) is 0 Å². The minimum absolute atomic E-state index is 0.658. The Hall–Kier alpha value is -17.1. The first-order valence-corrected chi connectivity index (χ1v) is 47.5. The number of hydrogen-bond donors (Lipinski definition) is 0. The monoisotopic (exact) mass is 1770 g/mol.